The van der Waals surface area contributed by atoms with Gasteiger partial charge in [-0.15, -0.1) is 47.0 Å². The molecule has 8 rings (SSSR count). The molecule has 1 radical (unpaired) electrons. The Bertz CT molecular complexity index is 2750. The maximum atomic E-state index is 8.44. The summed E-state index contributed by atoms with van der Waals surface area (Å²) in [5.41, 5.74) is 12.0. The van der Waals surface area contributed by atoms with E-state index in [9.17, 15) is 0 Å². The van der Waals surface area contributed by atoms with Crippen LogP contribution in [0.4, 0.5) is 0 Å². The zero-order valence-corrected chi connectivity index (χ0v) is 35.7. The summed E-state index contributed by atoms with van der Waals surface area (Å²) in [6, 6.07) is 43.8. The molecular formula is C50H48IrN2OSi-2. The van der Waals surface area contributed by atoms with Crippen LogP contribution < -0.4 is 5.19 Å². The van der Waals surface area contributed by atoms with Crippen molar-refractivity contribution in [2.24, 2.45) is 5.92 Å². The van der Waals surface area contributed by atoms with Gasteiger partial charge in [-0.2, -0.15) is 0 Å². The van der Waals surface area contributed by atoms with Crippen molar-refractivity contribution in [3.63, 3.8) is 0 Å². The first-order chi connectivity index (χ1) is 27.9. The Balaban J connectivity index is 0.000000204. The minimum Gasteiger partial charge on any atom is -0.476 e. The van der Waals surface area contributed by atoms with E-state index in [-0.39, 0.29) is 26.0 Å². The van der Waals surface area contributed by atoms with Crippen LogP contribution in [0, 0.1) is 38.8 Å². The molecule has 55 heavy (non-hydrogen) atoms. The van der Waals surface area contributed by atoms with Gasteiger partial charge < -0.3 is 14.4 Å². The summed E-state index contributed by atoms with van der Waals surface area (Å²) in [5, 5.41) is 3.37. The van der Waals surface area contributed by atoms with Crippen LogP contribution >= 0.6 is 0 Å². The fraction of sp³-hybridized carbons (Fsp3) is 0.200. The first kappa shape index (κ1) is 33.4. The van der Waals surface area contributed by atoms with Gasteiger partial charge in [0.25, 0.3) is 0 Å². The van der Waals surface area contributed by atoms with Crippen LogP contribution in [0.15, 0.2) is 132 Å². The summed E-state index contributed by atoms with van der Waals surface area (Å²) in [6.45, 7) is 12.7. The standard InChI is InChI=1S/C29H26NO.C21H22NSi.Ir/c1-18(2)15-21-13-14-30-26(16-21)22-11-12-23-24-9-6-10-25(29(24)31-27(23)17-22)28-19(3)7-5-8-20(28)4;1-16-10-11-18(14-20(16)17-8-6-5-7-9-17)21-13-12-19(15-22-21)23(2,3)4;/h5-10,12-14,16-18H,15H2,1-4H3;5-10,12-15H,1-4H3;/q2*-1;/i15D2;1D3;. The van der Waals surface area contributed by atoms with E-state index in [0.29, 0.717) is 22.4 Å². The van der Waals surface area contributed by atoms with Crippen molar-refractivity contribution in [1.82, 2.24) is 9.97 Å². The molecule has 3 nitrogen and oxygen atoms in total. The van der Waals surface area contributed by atoms with Crippen LogP contribution in [0.2, 0.25) is 19.6 Å². The second-order valence-electron chi connectivity index (χ2n) is 15.1. The third-order valence-electron chi connectivity index (χ3n) is 9.61. The van der Waals surface area contributed by atoms with Crippen LogP contribution in [-0.4, -0.2) is 18.0 Å². The van der Waals surface area contributed by atoms with E-state index in [1.165, 1.54) is 21.9 Å². The zero-order valence-electron chi connectivity index (χ0n) is 37.3. The number of furan rings is 1. The summed E-state index contributed by atoms with van der Waals surface area (Å²) in [7, 11) is -1.40. The van der Waals surface area contributed by atoms with E-state index < -0.39 is 21.3 Å². The van der Waals surface area contributed by atoms with Gasteiger partial charge >= 0.3 is 0 Å². The smallest absolute Gasteiger partial charge is 0.131 e. The fourth-order valence-electron chi connectivity index (χ4n) is 6.81. The van der Waals surface area contributed by atoms with Gasteiger partial charge in [-0.05, 0) is 76.4 Å². The van der Waals surface area contributed by atoms with E-state index in [0.717, 1.165) is 49.9 Å². The number of fused-ring (bicyclic) bond motifs is 3. The maximum Gasteiger partial charge on any atom is 0.131 e. The molecule has 0 unspecified atom stereocenters. The van der Waals surface area contributed by atoms with Gasteiger partial charge in [-0.25, -0.2) is 0 Å². The Labute approximate surface area is 348 Å². The van der Waals surface area contributed by atoms with E-state index >= 15 is 0 Å². The van der Waals surface area contributed by atoms with Gasteiger partial charge in [0.05, 0.1) is 13.7 Å². The maximum absolute atomic E-state index is 8.44. The first-order valence-electron chi connectivity index (χ1n) is 20.9. The number of benzene rings is 5. The molecule has 5 aromatic carbocycles. The number of hydrogen-bond donors (Lipinski definition) is 0. The number of nitrogens with zero attached hydrogens (tertiary/aromatic N) is 2. The topological polar surface area (TPSA) is 38.9 Å². The van der Waals surface area contributed by atoms with E-state index in [2.05, 4.69) is 98.1 Å². The molecule has 0 amide bonds. The predicted molar refractivity (Wildman–Crippen MR) is 231 cm³/mol. The minimum absolute atomic E-state index is 0. The Morgan fingerprint density at radius 1 is 0.727 bits per heavy atom. The van der Waals surface area contributed by atoms with Crippen LogP contribution in [0.1, 0.15) is 43.0 Å². The second kappa shape index (κ2) is 16.8. The summed E-state index contributed by atoms with van der Waals surface area (Å²) in [4.78, 5) is 9.10. The van der Waals surface area contributed by atoms with Crippen molar-refractivity contribution < 1.29 is 31.4 Å². The molecule has 279 valence electrons. The van der Waals surface area contributed by atoms with Gasteiger partial charge in [0.1, 0.15) is 5.58 Å². The molecule has 3 aromatic heterocycles. The Kier molecular flexibility index (Phi) is 10.2. The zero-order chi connectivity index (χ0) is 42.3. The summed E-state index contributed by atoms with van der Waals surface area (Å²) in [5.74, 6) is -0.141. The third kappa shape index (κ3) is 8.81. The molecule has 0 aliphatic heterocycles. The molecule has 0 atom stereocenters. The average Bonchev–Trinajstić information content (AvgIpc) is 3.59. The minimum atomic E-state index is -2.19. The number of aryl methyl sites for hydroxylation is 3. The largest absolute Gasteiger partial charge is 0.476 e. The molecule has 8 aromatic rings. The molecule has 0 spiro atoms. The first-order valence-corrected chi connectivity index (χ1v) is 21.9. The molecule has 5 heteroatoms. The SMILES string of the molecule is [2H]C([2H])([2H])c1c[c-]c(-c2ccc([Si](C)(C)C)cn2)cc1-c1ccccc1.[2H]C([2H])(c1ccnc(-c2[c-]cc3c(c2)oc2c(-c4c(C)cccc4C)cccc23)c1)C(C)C.[Ir]. The van der Waals surface area contributed by atoms with Crippen molar-refractivity contribution in [2.45, 2.75) is 60.6 Å². The number of para-hydroxylation sites is 1. The molecule has 0 N–H and O–H groups in total. The monoisotopic (exact) mass is 918 g/mol. The summed E-state index contributed by atoms with van der Waals surface area (Å²) in [6.07, 6.45) is 2.18. The summed E-state index contributed by atoms with van der Waals surface area (Å²) >= 11 is 0. The van der Waals surface area contributed by atoms with Gasteiger partial charge in [-0.3, -0.25) is 0 Å². The molecule has 0 fully saturated rings. The quantitative estimate of drug-likeness (QED) is 0.118. The Hall–Kier alpha value is -4.93. The molecule has 0 saturated heterocycles. The number of pyridine rings is 2. The predicted octanol–water partition coefficient (Wildman–Crippen LogP) is 13.0. The van der Waals surface area contributed by atoms with Crippen LogP contribution in [-0.2, 0) is 26.5 Å². The van der Waals surface area contributed by atoms with Crippen LogP contribution in [0.5, 0.6) is 0 Å². The normalized spacial score (nSPS) is 13.2. The third-order valence-corrected chi connectivity index (χ3v) is 11.6. The molecule has 0 saturated carbocycles. The van der Waals surface area contributed by atoms with Gasteiger partial charge in [0.2, 0.25) is 0 Å². The van der Waals surface area contributed by atoms with Crippen LogP contribution in [0.3, 0.4) is 0 Å². The van der Waals surface area contributed by atoms with Crippen molar-refractivity contribution in [3.05, 3.63) is 162 Å². The molecule has 0 aliphatic rings. The Morgan fingerprint density at radius 2 is 1.45 bits per heavy atom. The number of aromatic nitrogens is 2. The van der Waals surface area contributed by atoms with E-state index in [1.807, 2.05) is 80.7 Å². The number of hydrogen-bond acceptors (Lipinski definition) is 3. The molecule has 0 aliphatic carbocycles. The van der Waals surface area contributed by atoms with Gasteiger partial charge in [-0.1, -0.05) is 148 Å². The fourth-order valence-corrected chi connectivity index (χ4v) is 7.85. The van der Waals surface area contributed by atoms with Crippen molar-refractivity contribution >= 4 is 35.2 Å². The van der Waals surface area contributed by atoms with E-state index in [1.54, 1.807) is 18.3 Å². The molecule has 0 bridgehead atoms. The number of rotatable bonds is 7. The van der Waals surface area contributed by atoms with E-state index in [4.69, 9.17) is 11.3 Å². The molecule has 3 heterocycles. The Morgan fingerprint density at radius 3 is 2.15 bits per heavy atom. The van der Waals surface area contributed by atoms with Crippen LogP contribution in [0.25, 0.3) is 66.7 Å². The average molecular weight is 918 g/mol. The van der Waals surface area contributed by atoms with Gasteiger partial charge in [0.15, 0.2) is 0 Å². The second-order valence-corrected chi connectivity index (χ2v) is 20.2. The molecular weight excluding hydrogens is 865 g/mol. The van der Waals surface area contributed by atoms with Crippen molar-refractivity contribution in [3.8, 4) is 44.8 Å². The van der Waals surface area contributed by atoms with Crippen molar-refractivity contribution in [2.75, 3.05) is 0 Å². The summed E-state index contributed by atoms with van der Waals surface area (Å²) < 4.78 is 46.8. The van der Waals surface area contributed by atoms with Gasteiger partial charge in [0, 0.05) is 44.9 Å². The van der Waals surface area contributed by atoms with Crippen molar-refractivity contribution in [1.29, 1.82) is 0 Å².